The van der Waals surface area contributed by atoms with Gasteiger partial charge in [-0.1, -0.05) is 195 Å². The number of aryl methyl sites for hydroxylation is 2. The van der Waals surface area contributed by atoms with Crippen LogP contribution in [-0.2, 0) is 6.42 Å². The van der Waals surface area contributed by atoms with Gasteiger partial charge in [-0.05, 0) is 168 Å². The zero-order chi connectivity index (χ0) is 49.3. The van der Waals surface area contributed by atoms with Crippen molar-refractivity contribution in [1.82, 2.24) is 9.13 Å². The zero-order valence-corrected chi connectivity index (χ0v) is 41.4. The number of nitrogens with zero attached hydrogens (tertiary/aromatic N) is 2. The van der Waals surface area contributed by atoms with Crippen molar-refractivity contribution in [3.63, 3.8) is 0 Å². The molecule has 1 aliphatic carbocycles. The number of benzene rings is 11. The second kappa shape index (κ2) is 17.7. The van der Waals surface area contributed by atoms with E-state index in [0.717, 1.165) is 34.5 Å². The number of allylic oxidation sites excluding steroid dienone is 5. The summed E-state index contributed by atoms with van der Waals surface area (Å²) in [6.45, 7) is 4.54. The Bertz CT molecular complexity index is 4320. The summed E-state index contributed by atoms with van der Waals surface area (Å²) >= 11 is 0. The summed E-state index contributed by atoms with van der Waals surface area (Å²) in [6.07, 6.45) is 11.3. The van der Waals surface area contributed by atoms with Crippen LogP contribution in [-0.4, -0.2) is 9.13 Å². The van der Waals surface area contributed by atoms with Crippen LogP contribution in [0.1, 0.15) is 23.6 Å². The summed E-state index contributed by atoms with van der Waals surface area (Å²) in [4.78, 5) is 0. The van der Waals surface area contributed by atoms with E-state index in [9.17, 15) is 0 Å². The molecule has 2 heteroatoms. The molecule has 0 fully saturated rings. The van der Waals surface area contributed by atoms with E-state index in [1.54, 1.807) is 0 Å². The van der Waals surface area contributed by atoms with Gasteiger partial charge in [0.15, 0.2) is 0 Å². The molecule has 0 unspecified atom stereocenters. The van der Waals surface area contributed by atoms with E-state index >= 15 is 0 Å². The third-order valence-electron chi connectivity index (χ3n) is 15.4. The fourth-order valence-corrected chi connectivity index (χ4v) is 12.1. The van der Waals surface area contributed by atoms with E-state index in [1.165, 1.54) is 115 Å². The molecule has 11 aromatic carbocycles. The topological polar surface area (TPSA) is 9.86 Å². The summed E-state index contributed by atoms with van der Waals surface area (Å²) < 4.78 is 4.90. The molecule has 0 atom stereocenters. The van der Waals surface area contributed by atoms with Crippen molar-refractivity contribution in [2.75, 3.05) is 0 Å². The maximum absolute atomic E-state index is 3.33. The Hall–Kier alpha value is -9.46. The standard InChI is InChI=1S/C72H50N2/c1-3-48-21-8-9-26-57(48)64-46-66-65(41-47(64)2)72(53-25-20-24-52(42-53)49-22-6-4-5-7-23-49)63-32-11-10-31-62(63)71(66)51-39-37-50(38-40-51)54-43-55(73-67-33-16-12-27-58(67)59-28-13-17-34-68(59)73)45-56(44-54)74-69-35-18-14-29-60(69)61-30-15-19-36-70(61)74/h4-6,8-46H,3H2,1-2H3. The number of fused-ring (bicyclic) bond motifs is 8. The fraction of sp³-hybridized carbons (Fsp3) is 0.0417. The highest BCUT2D eigenvalue weighted by molar-refractivity contribution is 6.22. The molecule has 13 aromatic rings. The first kappa shape index (κ1) is 43.3. The molecule has 2 heterocycles. The minimum atomic E-state index is 0.961. The molecule has 0 saturated carbocycles. The van der Waals surface area contributed by atoms with Gasteiger partial charge in [-0.3, -0.25) is 0 Å². The molecular formula is C72H50N2. The molecule has 14 rings (SSSR count). The maximum atomic E-state index is 3.33. The Morgan fingerprint density at radius 2 is 0.865 bits per heavy atom. The van der Waals surface area contributed by atoms with E-state index in [4.69, 9.17) is 0 Å². The van der Waals surface area contributed by atoms with Crippen LogP contribution in [0.2, 0.25) is 0 Å². The molecule has 348 valence electrons. The molecule has 0 amide bonds. The monoisotopic (exact) mass is 942 g/mol. The first-order chi connectivity index (χ1) is 36.6. The fourth-order valence-electron chi connectivity index (χ4n) is 12.1. The van der Waals surface area contributed by atoms with Crippen molar-refractivity contribution in [3.8, 4) is 55.9 Å². The number of para-hydroxylation sites is 4. The Kier molecular flexibility index (Phi) is 10.4. The largest absolute Gasteiger partial charge is 0.309 e. The molecule has 0 radical (unpaired) electrons. The Morgan fingerprint density at radius 1 is 0.365 bits per heavy atom. The van der Waals surface area contributed by atoms with Gasteiger partial charge in [-0.2, -0.15) is 0 Å². The molecule has 74 heavy (non-hydrogen) atoms. The van der Waals surface area contributed by atoms with Crippen LogP contribution in [0.4, 0.5) is 0 Å². The van der Waals surface area contributed by atoms with E-state index in [0.29, 0.717) is 0 Å². The first-order valence-corrected chi connectivity index (χ1v) is 25.8. The predicted molar refractivity (Wildman–Crippen MR) is 316 cm³/mol. The molecule has 0 bridgehead atoms. The number of hydrogen-bond acceptors (Lipinski definition) is 0. The molecule has 2 aromatic heterocycles. The predicted octanol–water partition coefficient (Wildman–Crippen LogP) is 19.4. The smallest absolute Gasteiger partial charge is 0.0541 e. The van der Waals surface area contributed by atoms with Crippen LogP contribution in [0, 0.1) is 6.92 Å². The van der Waals surface area contributed by atoms with Gasteiger partial charge in [-0.25, -0.2) is 0 Å². The van der Waals surface area contributed by atoms with Crippen molar-refractivity contribution in [3.05, 3.63) is 277 Å². The second-order valence-corrected chi connectivity index (χ2v) is 19.6. The van der Waals surface area contributed by atoms with E-state index in [1.807, 2.05) is 12.2 Å². The molecule has 0 N–H and O–H groups in total. The first-order valence-electron chi connectivity index (χ1n) is 25.8. The van der Waals surface area contributed by atoms with Gasteiger partial charge in [-0.15, -0.1) is 5.73 Å². The van der Waals surface area contributed by atoms with Gasteiger partial charge >= 0.3 is 0 Å². The van der Waals surface area contributed by atoms with Crippen LogP contribution >= 0.6 is 0 Å². The Morgan fingerprint density at radius 3 is 1.46 bits per heavy atom. The lowest BCUT2D eigenvalue weighted by Gasteiger charge is -2.21. The third kappa shape index (κ3) is 7.03. The van der Waals surface area contributed by atoms with Crippen LogP contribution in [0.5, 0.6) is 0 Å². The lowest BCUT2D eigenvalue weighted by atomic mass is 9.82. The van der Waals surface area contributed by atoms with Crippen LogP contribution in [0.15, 0.2) is 261 Å². The van der Waals surface area contributed by atoms with Crippen LogP contribution in [0.25, 0.3) is 127 Å². The Labute approximate surface area is 431 Å². The normalized spacial score (nSPS) is 12.5. The SMILES string of the molecule is CCc1ccccc1-c1cc2c(-c3ccc(-c4cc(-n5c6ccccc6c6ccccc65)cc(-n5c6ccccc6c6ccccc65)c4)cc3)c3ccccc3c(-c3cccc(C4=CC=CC=C=C4)c3)c2cc1C. The molecule has 0 saturated heterocycles. The van der Waals surface area contributed by atoms with E-state index < -0.39 is 0 Å². The molecule has 0 spiro atoms. The van der Waals surface area contributed by atoms with Crippen LogP contribution in [0.3, 0.4) is 0 Å². The highest BCUT2D eigenvalue weighted by Crippen LogP contribution is 2.47. The van der Waals surface area contributed by atoms with Crippen molar-refractivity contribution in [2.24, 2.45) is 0 Å². The average Bonchev–Trinajstić information content (AvgIpc) is 3.82. The lowest BCUT2D eigenvalue weighted by Crippen LogP contribution is -2.00. The van der Waals surface area contributed by atoms with E-state index in [2.05, 4.69) is 271 Å². The van der Waals surface area contributed by atoms with Gasteiger partial charge < -0.3 is 9.13 Å². The summed E-state index contributed by atoms with van der Waals surface area (Å²) in [7, 11) is 0. The van der Waals surface area contributed by atoms with Crippen molar-refractivity contribution >= 4 is 70.7 Å². The summed E-state index contributed by atoms with van der Waals surface area (Å²) in [5.41, 5.74) is 25.0. The lowest BCUT2D eigenvalue weighted by molar-refractivity contribution is 1.13. The number of hydrogen-bond donors (Lipinski definition) is 0. The van der Waals surface area contributed by atoms with Gasteiger partial charge in [0.25, 0.3) is 0 Å². The minimum Gasteiger partial charge on any atom is -0.309 e. The highest BCUT2D eigenvalue weighted by Gasteiger charge is 2.22. The van der Waals surface area contributed by atoms with Crippen molar-refractivity contribution < 1.29 is 0 Å². The molecular weight excluding hydrogens is 893 g/mol. The minimum absolute atomic E-state index is 0.961. The van der Waals surface area contributed by atoms with Gasteiger partial charge in [0.1, 0.15) is 0 Å². The van der Waals surface area contributed by atoms with Gasteiger partial charge in [0.05, 0.1) is 22.1 Å². The number of rotatable bonds is 8. The number of aromatic nitrogens is 2. The maximum Gasteiger partial charge on any atom is 0.0541 e. The summed E-state index contributed by atoms with van der Waals surface area (Å²) in [5, 5.41) is 9.93. The zero-order valence-electron chi connectivity index (χ0n) is 41.4. The molecule has 1 aliphatic rings. The third-order valence-corrected chi connectivity index (χ3v) is 15.4. The van der Waals surface area contributed by atoms with Gasteiger partial charge in [0.2, 0.25) is 0 Å². The quantitative estimate of drug-likeness (QED) is 0.106. The highest BCUT2D eigenvalue weighted by atomic mass is 15.0. The van der Waals surface area contributed by atoms with Crippen molar-refractivity contribution in [1.29, 1.82) is 0 Å². The van der Waals surface area contributed by atoms with Crippen molar-refractivity contribution in [2.45, 2.75) is 20.3 Å². The van der Waals surface area contributed by atoms with E-state index in [-0.39, 0.29) is 0 Å². The summed E-state index contributed by atoms with van der Waals surface area (Å²) in [6, 6.07) is 83.7. The molecule has 2 nitrogen and oxygen atoms in total. The average molecular weight is 943 g/mol. The Balaban J connectivity index is 1.00. The molecule has 0 aliphatic heterocycles. The van der Waals surface area contributed by atoms with Gasteiger partial charge in [0, 0.05) is 32.9 Å². The van der Waals surface area contributed by atoms with Crippen LogP contribution < -0.4 is 0 Å². The second-order valence-electron chi connectivity index (χ2n) is 19.6. The summed E-state index contributed by atoms with van der Waals surface area (Å²) in [5.74, 6) is 0.